The van der Waals surface area contributed by atoms with E-state index in [4.69, 9.17) is 0 Å². The molecular weight excluding hydrogens is 378 g/mol. The summed E-state index contributed by atoms with van der Waals surface area (Å²) in [5.74, 6) is 0.0343. The molecule has 0 radical (unpaired) electrons. The lowest BCUT2D eigenvalue weighted by molar-refractivity contribution is 0.0948. The van der Waals surface area contributed by atoms with E-state index >= 15 is 0 Å². The van der Waals surface area contributed by atoms with Gasteiger partial charge in [0.2, 0.25) is 0 Å². The van der Waals surface area contributed by atoms with Gasteiger partial charge in [0.05, 0.1) is 17.5 Å². The number of amides is 2. The van der Waals surface area contributed by atoms with Crippen molar-refractivity contribution in [2.75, 3.05) is 11.9 Å². The quantitative estimate of drug-likeness (QED) is 0.639. The van der Waals surface area contributed by atoms with Crippen molar-refractivity contribution in [1.82, 2.24) is 20.1 Å². The molecule has 7 heteroatoms. The third-order valence-electron chi connectivity index (χ3n) is 4.90. The Kier molecular flexibility index (Phi) is 6.20. The van der Waals surface area contributed by atoms with Crippen LogP contribution in [0.4, 0.5) is 5.69 Å². The SMILES string of the molecule is Cc1cc(C(=O)NCC(C)C)ccc1NC(=O)c1cc2cnn(C(C)C)c2nc1C. The van der Waals surface area contributed by atoms with E-state index in [1.54, 1.807) is 24.4 Å². The van der Waals surface area contributed by atoms with Crippen molar-refractivity contribution in [3.05, 3.63) is 52.8 Å². The third-order valence-corrected chi connectivity index (χ3v) is 4.90. The predicted molar refractivity (Wildman–Crippen MR) is 119 cm³/mol. The molecule has 3 rings (SSSR count). The lowest BCUT2D eigenvalue weighted by Crippen LogP contribution is -2.27. The van der Waals surface area contributed by atoms with Crippen LogP contribution in [0.1, 0.15) is 65.7 Å². The van der Waals surface area contributed by atoms with E-state index in [1.807, 2.05) is 52.3 Å². The number of hydrogen-bond donors (Lipinski definition) is 2. The second-order valence-electron chi connectivity index (χ2n) is 8.30. The Morgan fingerprint density at radius 3 is 2.43 bits per heavy atom. The monoisotopic (exact) mass is 407 g/mol. The van der Waals surface area contributed by atoms with Gasteiger partial charge in [0.25, 0.3) is 11.8 Å². The van der Waals surface area contributed by atoms with Crippen LogP contribution in [0.5, 0.6) is 0 Å². The Morgan fingerprint density at radius 1 is 1.07 bits per heavy atom. The molecule has 0 aliphatic carbocycles. The topological polar surface area (TPSA) is 88.9 Å². The minimum absolute atomic E-state index is 0.114. The van der Waals surface area contributed by atoms with E-state index in [-0.39, 0.29) is 17.9 Å². The summed E-state index contributed by atoms with van der Waals surface area (Å²) in [7, 11) is 0. The van der Waals surface area contributed by atoms with Crippen molar-refractivity contribution in [1.29, 1.82) is 0 Å². The van der Waals surface area contributed by atoms with Gasteiger partial charge in [-0.2, -0.15) is 5.10 Å². The van der Waals surface area contributed by atoms with E-state index < -0.39 is 0 Å². The largest absolute Gasteiger partial charge is 0.352 e. The molecule has 158 valence electrons. The van der Waals surface area contributed by atoms with Gasteiger partial charge in [0.1, 0.15) is 0 Å². The zero-order valence-electron chi connectivity index (χ0n) is 18.4. The smallest absolute Gasteiger partial charge is 0.257 e. The highest BCUT2D eigenvalue weighted by Crippen LogP contribution is 2.22. The van der Waals surface area contributed by atoms with Gasteiger partial charge in [0.15, 0.2) is 5.65 Å². The van der Waals surface area contributed by atoms with E-state index in [0.717, 1.165) is 16.6 Å². The molecule has 2 aromatic heterocycles. The van der Waals surface area contributed by atoms with Crippen LogP contribution in [0.25, 0.3) is 11.0 Å². The van der Waals surface area contributed by atoms with Crippen molar-refractivity contribution < 1.29 is 9.59 Å². The van der Waals surface area contributed by atoms with E-state index in [0.29, 0.717) is 35.0 Å². The fourth-order valence-electron chi connectivity index (χ4n) is 3.21. The van der Waals surface area contributed by atoms with Crippen LogP contribution in [-0.2, 0) is 0 Å². The molecule has 2 heterocycles. The summed E-state index contributed by atoms with van der Waals surface area (Å²) in [6, 6.07) is 7.27. The highest BCUT2D eigenvalue weighted by atomic mass is 16.2. The molecule has 0 saturated heterocycles. The summed E-state index contributed by atoms with van der Waals surface area (Å²) in [6.45, 7) is 12.5. The zero-order chi connectivity index (χ0) is 22.0. The van der Waals surface area contributed by atoms with Crippen LogP contribution in [0.2, 0.25) is 0 Å². The summed E-state index contributed by atoms with van der Waals surface area (Å²) >= 11 is 0. The first-order chi connectivity index (χ1) is 14.2. The van der Waals surface area contributed by atoms with Gasteiger partial charge in [-0.05, 0) is 63.4 Å². The van der Waals surface area contributed by atoms with Crippen molar-refractivity contribution in [2.45, 2.75) is 47.6 Å². The van der Waals surface area contributed by atoms with Crippen LogP contribution in [0, 0.1) is 19.8 Å². The van der Waals surface area contributed by atoms with Crippen molar-refractivity contribution in [3.63, 3.8) is 0 Å². The van der Waals surface area contributed by atoms with Crippen molar-refractivity contribution >= 4 is 28.5 Å². The number of aromatic nitrogens is 3. The van der Waals surface area contributed by atoms with Gasteiger partial charge in [-0.25, -0.2) is 9.67 Å². The maximum Gasteiger partial charge on any atom is 0.257 e. The minimum atomic E-state index is -0.237. The second kappa shape index (κ2) is 8.65. The molecule has 0 atom stereocenters. The van der Waals surface area contributed by atoms with E-state index in [1.165, 1.54) is 0 Å². The van der Waals surface area contributed by atoms with Gasteiger partial charge in [-0.1, -0.05) is 13.8 Å². The maximum absolute atomic E-state index is 12.9. The first-order valence-electron chi connectivity index (χ1n) is 10.2. The molecule has 3 aromatic rings. The van der Waals surface area contributed by atoms with Crippen molar-refractivity contribution in [3.8, 4) is 0 Å². The number of nitrogens with zero attached hydrogens (tertiary/aromatic N) is 3. The van der Waals surface area contributed by atoms with E-state index in [2.05, 4.69) is 20.7 Å². The molecule has 30 heavy (non-hydrogen) atoms. The van der Waals surface area contributed by atoms with Gasteiger partial charge in [0, 0.05) is 29.2 Å². The summed E-state index contributed by atoms with van der Waals surface area (Å²) in [6.07, 6.45) is 1.73. The number of aryl methyl sites for hydroxylation is 2. The van der Waals surface area contributed by atoms with Crippen LogP contribution < -0.4 is 10.6 Å². The molecular formula is C23H29N5O2. The normalized spacial score (nSPS) is 11.3. The number of carbonyl (C=O) groups excluding carboxylic acids is 2. The summed E-state index contributed by atoms with van der Waals surface area (Å²) in [5, 5.41) is 11.0. The molecule has 0 aliphatic heterocycles. The number of carbonyl (C=O) groups is 2. The third kappa shape index (κ3) is 4.50. The number of benzene rings is 1. The molecule has 0 bridgehead atoms. The fourth-order valence-corrected chi connectivity index (χ4v) is 3.21. The number of fused-ring (bicyclic) bond motifs is 1. The predicted octanol–water partition coefficient (Wildman–Crippen LogP) is 4.27. The number of anilines is 1. The maximum atomic E-state index is 12.9. The molecule has 2 N–H and O–H groups in total. The molecule has 0 spiro atoms. The average Bonchev–Trinajstić information content (AvgIpc) is 3.09. The number of nitrogens with one attached hydrogen (secondary N) is 2. The lowest BCUT2D eigenvalue weighted by Gasteiger charge is -2.13. The number of pyridine rings is 1. The Hall–Kier alpha value is -3.22. The number of rotatable bonds is 6. The highest BCUT2D eigenvalue weighted by molar-refractivity contribution is 6.07. The van der Waals surface area contributed by atoms with Crippen LogP contribution in [0.15, 0.2) is 30.5 Å². The first kappa shape index (κ1) is 21.5. The van der Waals surface area contributed by atoms with Crippen LogP contribution >= 0.6 is 0 Å². The van der Waals surface area contributed by atoms with E-state index in [9.17, 15) is 9.59 Å². The molecule has 2 amide bonds. The Morgan fingerprint density at radius 2 is 1.80 bits per heavy atom. The molecule has 0 unspecified atom stereocenters. The lowest BCUT2D eigenvalue weighted by atomic mass is 10.1. The Bertz CT molecular complexity index is 1100. The summed E-state index contributed by atoms with van der Waals surface area (Å²) in [4.78, 5) is 29.8. The molecule has 1 aromatic carbocycles. The van der Waals surface area contributed by atoms with Gasteiger partial charge in [-0.15, -0.1) is 0 Å². The summed E-state index contributed by atoms with van der Waals surface area (Å²) < 4.78 is 1.84. The highest BCUT2D eigenvalue weighted by Gasteiger charge is 2.17. The second-order valence-corrected chi connectivity index (χ2v) is 8.30. The summed E-state index contributed by atoms with van der Waals surface area (Å²) in [5.41, 5.74) is 3.98. The molecule has 0 saturated carbocycles. The standard InChI is InChI=1S/C23H29N5O2/c1-13(2)11-24-22(29)17-7-8-20(15(5)9-17)27-23(30)19-10-18-12-25-28(14(3)4)21(18)26-16(19)6/h7-10,12-14H,11H2,1-6H3,(H,24,29)(H,27,30). The first-order valence-corrected chi connectivity index (χ1v) is 10.2. The number of hydrogen-bond acceptors (Lipinski definition) is 4. The van der Waals surface area contributed by atoms with Crippen molar-refractivity contribution in [2.24, 2.45) is 5.92 Å². The molecule has 7 nitrogen and oxygen atoms in total. The van der Waals surface area contributed by atoms with Crippen LogP contribution in [-0.4, -0.2) is 33.1 Å². The van der Waals surface area contributed by atoms with Gasteiger partial charge in [-0.3, -0.25) is 9.59 Å². The van der Waals surface area contributed by atoms with Gasteiger partial charge < -0.3 is 10.6 Å². The Balaban J connectivity index is 1.80. The average molecular weight is 408 g/mol. The van der Waals surface area contributed by atoms with Gasteiger partial charge >= 0.3 is 0 Å². The fraction of sp³-hybridized carbons (Fsp3) is 0.391. The van der Waals surface area contributed by atoms with Crippen LogP contribution in [0.3, 0.4) is 0 Å². The molecule has 0 fully saturated rings. The zero-order valence-corrected chi connectivity index (χ0v) is 18.4. The molecule has 0 aliphatic rings. The minimum Gasteiger partial charge on any atom is -0.352 e. The Labute approximate surface area is 176 Å².